The van der Waals surface area contributed by atoms with E-state index in [-0.39, 0.29) is 14.1 Å². The highest BCUT2D eigenvalue weighted by Crippen LogP contribution is 2.36. The number of hydrogen-bond acceptors (Lipinski definition) is 0. The van der Waals surface area contributed by atoms with Gasteiger partial charge in [-0.3, -0.25) is 0 Å². The van der Waals surface area contributed by atoms with E-state index in [9.17, 15) is 0 Å². The molecule has 1 aliphatic rings. The van der Waals surface area contributed by atoms with Gasteiger partial charge in [-0.15, -0.1) is 5.79 Å². The fourth-order valence-electron chi connectivity index (χ4n) is 2.16. The van der Waals surface area contributed by atoms with Gasteiger partial charge in [0.2, 0.25) is 0 Å². The molecule has 0 radical (unpaired) electrons. The maximum Gasteiger partial charge on any atom is 0.262 e. The van der Waals surface area contributed by atoms with Crippen LogP contribution in [0.25, 0.3) is 0 Å². The molecule has 1 unspecified atom stereocenters. The summed E-state index contributed by atoms with van der Waals surface area (Å²) in [5, 5.41) is 1.61. The summed E-state index contributed by atoms with van der Waals surface area (Å²) < 4.78 is 1.17. The molecule has 1 heterocycles. The zero-order valence-corrected chi connectivity index (χ0v) is 8.01. The zero-order chi connectivity index (χ0) is 6.85. The molecule has 0 aromatic carbocycles. The van der Waals surface area contributed by atoms with Crippen molar-refractivity contribution in [2.75, 3.05) is 0 Å². The molecular formula is C8H17Al. The van der Waals surface area contributed by atoms with Crippen LogP contribution in [0.4, 0.5) is 0 Å². The Labute approximate surface area is 63.0 Å². The van der Waals surface area contributed by atoms with E-state index in [1.54, 1.807) is 11.7 Å². The van der Waals surface area contributed by atoms with Crippen molar-refractivity contribution in [3.05, 3.63) is 0 Å². The molecule has 52 valence electrons. The van der Waals surface area contributed by atoms with Crippen LogP contribution in [0.1, 0.15) is 26.7 Å². The van der Waals surface area contributed by atoms with E-state index in [1.165, 1.54) is 11.2 Å². The van der Waals surface area contributed by atoms with Crippen LogP contribution < -0.4 is 0 Å². The van der Waals surface area contributed by atoms with Gasteiger partial charge in [0.1, 0.15) is 0 Å². The second-order valence-corrected chi connectivity index (χ2v) is 7.20. The van der Waals surface area contributed by atoms with Crippen LogP contribution in [0.2, 0.25) is 15.8 Å². The summed E-state index contributed by atoms with van der Waals surface area (Å²) in [5.41, 5.74) is 0. The van der Waals surface area contributed by atoms with Crippen molar-refractivity contribution in [2.45, 2.75) is 42.5 Å². The molecule has 0 amide bonds. The average molecular weight is 140 g/mol. The van der Waals surface area contributed by atoms with Gasteiger partial charge >= 0.3 is 0 Å². The highest BCUT2D eigenvalue weighted by Gasteiger charge is 2.30. The lowest BCUT2D eigenvalue weighted by molar-refractivity contribution is 0.566. The first-order valence-electron chi connectivity index (χ1n) is 4.22. The number of hydrogen-bond donors (Lipinski definition) is 0. The first-order valence-corrected chi connectivity index (χ1v) is 6.85. The van der Waals surface area contributed by atoms with Gasteiger partial charge in [0, 0.05) is 0 Å². The van der Waals surface area contributed by atoms with E-state index in [2.05, 4.69) is 19.6 Å². The third-order valence-electron chi connectivity index (χ3n) is 2.78. The summed E-state index contributed by atoms with van der Waals surface area (Å²) in [4.78, 5) is 0. The van der Waals surface area contributed by atoms with Crippen molar-refractivity contribution in [2.24, 2.45) is 5.92 Å². The van der Waals surface area contributed by atoms with E-state index in [4.69, 9.17) is 0 Å². The van der Waals surface area contributed by atoms with Gasteiger partial charge in [0.25, 0.3) is 14.1 Å². The molecule has 1 fully saturated rings. The van der Waals surface area contributed by atoms with Crippen molar-refractivity contribution in [1.29, 1.82) is 0 Å². The Morgan fingerprint density at radius 3 is 2.33 bits per heavy atom. The second-order valence-electron chi connectivity index (χ2n) is 3.82. The van der Waals surface area contributed by atoms with Crippen molar-refractivity contribution in [3.8, 4) is 0 Å². The van der Waals surface area contributed by atoms with Gasteiger partial charge in [-0.2, -0.15) is 0 Å². The Kier molecular flexibility index (Phi) is 2.62. The van der Waals surface area contributed by atoms with Gasteiger partial charge < -0.3 is 0 Å². The van der Waals surface area contributed by atoms with Crippen LogP contribution in [-0.2, 0) is 0 Å². The molecule has 0 nitrogen and oxygen atoms in total. The minimum absolute atomic E-state index is 0.222. The van der Waals surface area contributed by atoms with Crippen LogP contribution in [0.3, 0.4) is 0 Å². The Bertz CT molecular complexity index is 88.6. The third kappa shape index (κ3) is 1.72. The van der Waals surface area contributed by atoms with Crippen molar-refractivity contribution < 1.29 is 0 Å². The van der Waals surface area contributed by atoms with Crippen molar-refractivity contribution >= 4 is 14.1 Å². The fraction of sp³-hybridized carbons (Fsp3) is 1.00. The van der Waals surface area contributed by atoms with Gasteiger partial charge in [-0.1, -0.05) is 42.7 Å². The molecule has 0 spiro atoms. The summed E-state index contributed by atoms with van der Waals surface area (Å²) in [5.74, 6) is 3.52. The smallest absolute Gasteiger partial charge is 0.106 e. The molecule has 9 heavy (non-hydrogen) atoms. The van der Waals surface area contributed by atoms with Crippen LogP contribution in [0, 0.1) is 5.92 Å². The minimum atomic E-state index is -0.222. The normalized spacial score (nSPS) is 28.0. The highest BCUT2D eigenvalue weighted by molar-refractivity contribution is 6.59. The Morgan fingerprint density at radius 2 is 2.11 bits per heavy atom. The van der Waals surface area contributed by atoms with E-state index in [0.29, 0.717) is 0 Å². The summed E-state index contributed by atoms with van der Waals surface area (Å²) in [6, 6.07) is 0. The molecule has 0 aromatic rings. The first kappa shape index (κ1) is 7.64. The summed E-state index contributed by atoms with van der Waals surface area (Å²) in [6.45, 7) is 4.78. The van der Waals surface area contributed by atoms with E-state index in [0.717, 1.165) is 5.92 Å². The molecule has 1 rings (SSSR count). The van der Waals surface area contributed by atoms with Crippen molar-refractivity contribution in [3.63, 3.8) is 0 Å². The van der Waals surface area contributed by atoms with Crippen LogP contribution >= 0.6 is 0 Å². The standard InChI is InChI=1S/C7H14.CH3.Al/c1-4-5-6-7(2)3;;/h6-7H,1,4-5H2,2-3H3;1H3;. The molecule has 1 saturated heterocycles. The van der Waals surface area contributed by atoms with Crippen molar-refractivity contribution in [1.82, 2.24) is 0 Å². The first-order chi connectivity index (χ1) is 4.22. The topological polar surface area (TPSA) is 0 Å². The third-order valence-corrected chi connectivity index (χ3v) is 6.67. The van der Waals surface area contributed by atoms with Crippen LogP contribution in [0.15, 0.2) is 0 Å². The highest BCUT2D eigenvalue weighted by atomic mass is 27.2. The Morgan fingerprint density at radius 1 is 1.44 bits per heavy atom. The Balaban J connectivity index is 2.40. The van der Waals surface area contributed by atoms with Gasteiger partial charge in [-0.25, -0.2) is 0 Å². The molecule has 1 atom stereocenters. The molecule has 0 aliphatic carbocycles. The minimum Gasteiger partial charge on any atom is -0.106 e. The van der Waals surface area contributed by atoms with Gasteiger partial charge in [0.15, 0.2) is 0 Å². The maximum absolute atomic E-state index is 2.54. The summed E-state index contributed by atoms with van der Waals surface area (Å²) in [7, 11) is 0. The predicted molar refractivity (Wildman–Crippen MR) is 44.2 cm³/mol. The van der Waals surface area contributed by atoms with E-state index in [1.807, 2.05) is 0 Å². The Hall–Kier alpha value is 0.532. The SMILES string of the molecule is CC(C)[CH]1CC[CH2][Al]1[CH3]. The fourth-order valence-corrected chi connectivity index (χ4v) is 5.59. The predicted octanol–water partition coefficient (Wildman–Crippen LogP) is 2.93. The lowest BCUT2D eigenvalue weighted by Crippen LogP contribution is -2.13. The molecule has 1 heteroatoms. The molecule has 0 bridgehead atoms. The monoisotopic (exact) mass is 140 g/mol. The van der Waals surface area contributed by atoms with Gasteiger partial charge in [0.05, 0.1) is 0 Å². The largest absolute Gasteiger partial charge is 0.262 e. The van der Waals surface area contributed by atoms with Crippen LogP contribution in [-0.4, -0.2) is 14.1 Å². The molecule has 0 N–H and O–H groups in total. The lowest BCUT2D eigenvalue weighted by Gasteiger charge is -2.15. The van der Waals surface area contributed by atoms with Crippen LogP contribution in [0.5, 0.6) is 0 Å². The maximum atomic E-state index is 2.54. The van der Waals surface area contributed by atoms with E-state index >= 15 is 0 Å². The van der Waals surface area contributed by atoms with E-state index < -0.39 is 0 Å². The molecule has 0 aromatic heterocycles. The molecular weight excluding hydrogens is 123 g/mol. The summed E-state index contributed by atoms with van der Waals surface area (Å²) >= 11 is -0.222. The quantitative estimate of drug-likeness (QED) is 0.491. The van der Waals surface area contributed by atoms with Gasteiger partial charge in [-0.05, 0) is 0 Å². The second kappa shape index (κ2) is 3.08. The average Bonchev–Trinajstić information content (AvgIpc) is 2.13. The lowest BCUT2D eigenvalue weighted by atomic mass is 10.1. The summed E-state index contributed by atoms with van der Waals surface area (Å²) in [6.07, 6.45) is 3.08. The zero-order valence-electron chi connectivity index (χ0n) is 6.85. The number of rotatable bonds is 1. The molecule has 1 aliphatic heterocycles. The molecule has 0 saturated carbocycles.